The summed E-state index contributed by atoms with van der Waals surface area (Å²) in [6.45, 7) is 1.21. The smallest absolute Gasteiger partial charge is 0.252 e. The number of hydrogen-bond donors (Lipinski definition) is 4. The lowest BCUT2D eigenvalue weighted by molar-refractivity contribution is -0.125. The Morgan fingerprint density at radius 1 is 0.808 bits per heavy atom. The van der Waals surface area contributed by atoms with Crippen LogP contribution in [-0.2, 0) is 9.59 Å². The number of amides is 4. The summed E-state index contributed by atoms with van der Waals surface area (Å²) in [5.74, 6) is -1.40. The van der Waals surface area contributed by atoms with E-state index in [4.69, 9.17) is 0 Å². The number of piperidine rings is 2. The van der Waals surface area contributed by atoms with E-state index in [-0.39, 0.29) is 22.9 Å². The van der Waals surface area contributed by atoms with Crippen molar-refractivity contribution in [2.45, 2.75) is 37.8 Å². The maximum atomic E-state index is 12.6. The SMILES string of the molecule is O=C(N[C@@H]1CCCNC1=O)c1ccccc1C(=O)N[C@@H]1CCCNC1=O. The standard InChI is InChI=1S/C18H22N4O4/c23-15(21-13-7-3-9-19-17(13)25)11-5-1-2-6-12(11)16(24)22-14-8-4-10-20-18(14)26/h1-2,5-6,13-14H,3-4,7-10H2,(H,19,25)(H,20,26)(H,21,23)(H,22,24)/t13-,14-/m1/s1. The van der Waals surface area contributed by atoms with Gasteiger partial charge in [0.2, 0.25) is 11.8 Å². The molecule has 0 bridgehead atoms. The van der Waals surface area contributed by atoms with Crippen LogP contribution in [-0.4, -0.2) is 48.8 Å². The first-order valence-corrected chi connectivity index (χ1v) is 8.82. The molecule has 0 aliphatic carbocycles. The molecule has 0 spiro atoms. The van der Waals surface area contributed by atoms with Crippen LogP contribution in [0.2, 0.25) is 0 Å². The lowest BCUT2D eigenvalue weighted by Crippen LogP contribution is -2.51. The monoisotopic (exact) mass is 358 g/mol. The van der Waals surface area contributed by atoms with Crippen LogP contribution in [0.25, 0.3) is 0 Å². The van der Waals surface area contributed by atoms with E-state index in [9.17, 15) is 19.2 Å². The lowest BCUT2D eigenvalue weighted by atomic mass is 10.0. The molecule has 2 heterocycles. The Morgan fingerprint density at radius 2 is 1.23 bits per heavy atom. The molecule has 26 heavy (non-hydrogen) atoms. The highest BCUT2D eigenvalue weighted by atomic mass is 16.2. The third-order valence-corrected chi connectivity index (χ3v) is 4.60. The van der Waals surface area contributed by atoms with Crippen molar-refractivity contribution < 1.29 is 19.2 Å². The highest BCUT2D eigenvalue weighted by Gasteiger charge is 2.28. The van der Waals surface area contributed by atoms with E-state index in [0.29, 0.717) is 25.9 Å². The van der Waals surface area contributed by atoms with Crippen molar-refractivity contribution in [3.05, 3.63) is 35.4 Å². The first kappa shape index (κ1) is 17.9. The number of carbonyl (C=O) groups is 4. The molecule has 1 aromatic carbocycles. The third-order valence-electron chi connectivity index (χ3n) is 4.60. The van der Waals surface area contributed by atoms with Crippen LogP contribution in [0, 0.1) is 0 Å². The summed E-state index contributed by atoms with van der Waals surface area (Å²) in [5.41, 5.74) is 0.360. The van der Waals surface area contributed by atoms with Crippen molar-refractivity contribution in [3.8, 4) is 0 Å². The van der Waals surface area contributed by atoms with Gasteiger partial charge in [-0.1, -0.05) is 12.1 Å². The zero-order valence-electron chi connectivity index (χ0n) is 14.3. The Kier molecular flexibility index (Phi) is 5.50. The Labute approximate surface area is 151 Å². The second-order valence-corrected chi connectivity index (χ2v) is 6.46. The summed E-state index contributed by atoms with van der Waals surface area (Å²) in [7, 11) is 0. The summed E-state index contributed by atoms with van der Waals surface area (Å²) in [4.78, 5) is 48.8. The maximum Gasteiger partial charge on any atom is 0.252 e. The molecule has 0 unspecified atom stereocenters. The van der Waals surface area contributed by atoms with Crippen molar-refractivity contribution in [1.82, 2.24) is 21.3 Å². The molecule has 2 aliphatic heterocycles. The molecule has 0 saturated carbocycles. The van der Waals surface area contributed by atoms with E-state index in [1.807, 2.05) is 0 Å². The van der Waals surface area contributed by atoms with E-state index in [1.54, 1.807) is 12.1 Å². The summed E-state index contributed by atoms with van der Waals surface area (Å²) >= 11 is 0. The van der Waals surface area contributed by atoms with Gasteiger partial charge >= 0.3 is 0 Å². The van der Waals surface area contributed by atoms with Crippen LogP contribution in [0.4, 0.5) is 0 Å². The topological polar surface area (TPSA) is 116 Å². The van der Waals surface area contributed by atoms with Gasteiger partial charge in [-0.25, -0.2) is 0 Å². The number of benzene rings is 1. The Balaban J connectivity index is 1.72. The molecule has 2 saturated heterocycles. The molecular weight excluding hydrogens is 336 g/mol. The van der Waals surface area contributed by atoms with Crippen LogP contribution >= 0.6 is 0 Å². The van der Waals surface area contributed by atoms with Crippen LogP contribution in [0.3, 0.4) is 0 Å². The van der Waals surface area contributed by atoms with Gasteiger partial charge < -0.3 is 21.3 Å². The number of nitrogens with one attached hydrogen (secondary N) is 4. The van der Waals surface area contributed by atoms with E-state index >= 15 is 0 Å². The van der Waals surface area contributed by atoms with E-state index < -0.39 is 23.9 Å². The molecule has 3 rings (SSSR count). The fourth-order valence-corrected chi connectivity index (χ4v) is 3.17. The Morgan fingerprint density at radius 3 is 1.62 bits per heavy atom. The van der Waals surface area contributed by atoms with Gasteiger partial charge in [-0.15, -0.1) is 0 Å². The van der Waals surface area contributed by atoms with Crippen molar-refractivity contribution in [2.24, 2.45) is 0 Å². The van der Waals surface area contributed by atoms with Crippen LogP contribution in [0.5, 0.6) is 0 Å². The minimum absolute atomic E-state index is 0.180. The minimum atomic E-state index is -0.600. The maximum absolute atomic E-state index is 12.6. The largest absolute Gasteiger partial charge is 0.354 e. The van der Waals surface area contributed by atoms with Crippen LogP contribution in [0.15, 0.2) is 24.3 Å². The van der Waals surface area contributed by atoms with Gasteiger partial charge in [-0.3, -0.25) is 19.2 Å². The quantitative estimate of drug-likeness (QED) is 0.591. The van der Waals surface area contributed by atoms with E-state index in [2.05, 4.69) is 21.3 Å². The Bertz CT molecular complexity index is 673. The van der Waals surface area contributed by atoms with Gasteiger partial charge in [0, 0.05) is 13.1 Å². The molecule has 8 heteroatoms. The normalized spacial score (nSPS) is 22.8. The van der Waals surface area contributed by atoms with Gasteiger partial charge in [-0.05, 0) is 37.8 Å². The molecule has 4 N–H and O–H groups in total. The number of hydrogen-bond acceptors (Lipinski definition) is 4. The molecule has 8 nitrogen and oxygen atoms in total. The lowest BCUT2D eigenvalue weighted by Gasteiger charge is -2.24. The summed E-state index contributed by atoms with van der Waals surface area (Å²) in [6, 6.07) is 5.17. The van der Waals surface area contributed by atoms with Crippen molar-refractivity contribution >= 4 is 23.6 Å². The first-order chi connectivity index (χ1) is 12.6. The summed E-state index contributed by atoms with van der Waals surface area (Å²) in [6.07, 6.45) is 2.70. The van der Waals surface area contributed by atoms with Crippen LogP contribution < -0.4 is 21.3 Å². The van der Waals surface area contributed by atoms with E-state index in [1.165, 1.54) is 12.1 Å². The first-order valence-electron chi connectivity index (χ1n) is 8.82. The van der Waals surface area contributed by atoms with Crippen molar-refractivity contribution in [2.75, 3.05) is 13.1 Å². The molecule has 138 valence electrons. The summed E-state index contributed by atoms with van der Waals surface area (Å²) in [5, 5.41) is 10.8. The highest BCUT2D eigenvalue weighted by Crippen LogP contribution is 2.12. The van der Waals surface area contributed by atoms with Crippen molar-refractivity contribution in [1.29, 1.82) is 0 Å². The molecule has 2 aliphatic rings. The molecule has 4 amide bonds. The van der Waals surface area contributed by atoms with E-state index in [0.717, 1.165) is 12.8 Å². The second-order valence-electron chi connectivity index (χ2n) is 6.46. The van der Waals surface area contributed by atoms with Crippen LogP contribution in [0.1, 0.15) is 46.4 Å². The van der Waals surface area contributed by atoms with Gasteiger partial charge in [0.15, 0.2) is 0 Å². The van der Waals surface area contributed by atoms with Crippen molar-refractivity contribution in [3.63, 3.8) is 0 Å². The predicted octanol–water partition coefficient (Wildman–Crippen LogP) is -0.297. The predicted molar refractivity (Wildman–Crippen MR) is 93.4 cm³/mol. The fraction of sp³-hybridized carbons (Fsp3) is 0.444. The van der Waals surface area contributed by atoms with Gasteiger partial charge in [-0.2, -0.15) is 0 Å². The average molecular weight is 358 g/mol. The molecule has 0 aromatic heterocycles. The average Bonchev–Trinajstić information content (AvgIpc) is 2.65. The van der Waals surface area contributed by atoms with Gasteiger partial charge in [0.1, 0.15) is 12.1 Å². The third kappa shape index (κ3) is 4.01. The molecule has 1 aromatic rings. The fourth-order valence-electron chi connectivity index (χ4n) is 3.17. The number of carbonyl (C=O) groups excluding carboxylic acids is 4. The molecule has 2 atom stereocenters. The van der Waals surface area contributed by atoms with Gasteiger partial charge in [0.25, 0.3) is 11.8 Å². The minimum Gasteiger partial charge on any atom is -0.354 e. The zero-order chi connectivity index (χ0) is 18.5. The second kappa shape index (κ2) is 7.99. The van der Waals surface area contributed by atoms with Gasteiger partial charge in [0.05, 0.1) is 11.1 Å². The molecule has 2 fully saturated rings. The highest BCUT2D eigenvalue weighted by molar-refractivity contribution is 6.09. The molecule has 0 radical (unpaired) electrons. The molecular formula is C18H22N4O4. The summed E-state index contributed by atoms with van der Waals surface area (Å²) < 4.78 is 0. The zero-order valence-corrected chi connectivity index (χ0v) is 14.3. The Hall–Kier alpha value is -2.90. The number of rotatable bonds is 4.